The maximum absolute atomic E-state index is 4.17. The summed E-state index contributed by atoms with van der Waals surface area (Å²) in [4.78, 5) is 3.72. The fraction of sp³-hybridized carbons (Fsp3) is 0.0323. The van der Waals surface area contributed by atoms with E-state index in [9.17, 15) is 0 Å². The lowest BCUT2D eigenvalue weighted by molar-refractivity contribution is 1.15. The monoisotopic (exact) mass is 422 g/mol. The second-order valence-corrected chi connectivity index (χ2v) is 8.71. The van der Waals surface area contributed by atoms with Crippen LogP contribution < -0.4 is 0 Å². The Bertz CT molecular complexity index is 1760. The van der Waals surface area contributed by atoms with E-state index in [1.165, 1.54) is 55.1 Å². The number of hydrogen-bond donors (Lipinski definition) is 1. The van der Waals surface area contributed by atoms with Gasteiger partial charge in [0.1, 0.15) is 0 Å². The number of aromatic nitrogens is 2. The molecule has 0 fully saturated rings. The third-order valence-corrected chi connectivity index (χ3v) is 7.11. The second kappa shape index (κ2) is 6.60. The molecule has 33 heavy (non-hydrogen) atoms. The Morgan fingerprint density at radius 3 is 2.36 bits per heavy atom. The van der Waals surface area contributed by atoms with Crippen LogP contribution in [0.1, 0.15) is 22.4 Å². The van der Waals surface area contributed by atoms with Crippen LogP contribution in [0, 0.1) is 0 Å². The molecule has 0 saturated carbocycles. The van der Waals surface area contributed by atoms with Crippen molar-refractivity contribution in [2.45, 2.75) is 6.42 Å². The van der Waals surface area contributed by atoms with Crippen molar-refractivity contribution in [2.75, 3.05) is 0 Å². The van der Waals surface area contributed by atoms with E-state index in [4.69, 9.17) is 0 Å². The molecule has 0 radical (unpaired) electrons. The zero-order valence-electron chi connectivity index (χ0n) is 18.2. The van der Waals surface area contributed by atoms with Gasteiger partial charge in [0.15, 0.2) is 0 Å². The molecule has 0 aliphatic heterocycles. The standard InChI is InChI=1S/C31H22N2/c1-3-21-25(4-2)32-30-28(21)27-22-15-9-8-12-19(22)18-24(27)31-29(30)23-16-10-11-17-26(23)33(31)20-13-6-5-7-14-20/h3-17,32H,1-2,18H2. The SMILES string of the molecule is C=Cc1[nH]c2c(c1C=C)c1c(c3c2c2ccccc2n3-c2ccccc2)Cc2ccccc2-1. The van der Waals surface area contributed by atoms with Gasteiger partial charge in [0, 0.05) is 39.5 Å². The minimum atomic E-state index is 0.923. The highest BCUT2D eigenvalue weighted by Gasteiger charge is 2.30. The van der Waals surface area contributed by atoms with Crippen LogP contribution in [0.3, 0.4) is 0 Å². The summed E-state index contributed by atoms with van der Waals surface area (Å²) >= 11 is 0. The molecule has 7 rings (SSSR count). The summed E-state index contributed by atoms with van der Waals surface area (Å²) in [6, 6.07) is 28.3. The highest BCUT2D eigenvalue weighted by Crippen LogP contribution is 2.50. The molecule has 2 aromatic heterocycles. The zero-order valence-corrected chi connectivity index (χ0v) is 18.2. The van der Waals surface area contributed by atoms with E-state index >= 15 is 0 Å². The van der Waals surface area contributed by atoms with Crippen molar-refractivity contribution >= 4 is 44.9 Å². The molecule has 2 heteroatoms. The molecule has 2 heterocycles. The van der Waals surface area contributed by atoms with Crippen LogP contribution in [0.5, 0.6) is 0 Å². The van der Waals surface area contributed by atoms with Crippen LogP contribution in [0.2, 0.25) is 0 Å². The lowest BCUT2D eigenvalue weighted by Gasteiger charge is -2.12. The molecular weight excluding hydrogens is 400 g/mol. The van der Waals surface area contributed by atoms with Crippen LogP contribution in [0.25, 0.3) is 61.7 Å². The van der Waals surface area contributed by atoms with Gasteiger partial charge in [-0.1, -0.05) is 79.9 Å². The Balaban J connectivity index is 1.82. The number of hydrogen-bond acceptors (Lipinski definition) is 0. The van der Waals surface area contributed by atoms with Gasteiger partial charge in [0.2, 0.25) is 0 Å². The van der Waals surface area contributed by atoms with E-state index in [2.05, 4.69) is 102 Å². The Morgan fingerprint density at radius 1 is 0.788 bits per heavy atom. The largest absolute Gasteiger partial charge is 0.354 e. The predicted octanol–water partition coefficient (Wildman–Crippen LogP) is 8.12. The number of H-pyrrole nitrogens is 1. The Labute approximate surface area is 192 Å². The van der Waals surface area contributed by atoms with Gasteiger partial charge in [-0.2, -0.15) is 0 Å². The van der Waals surface area contributed by atoms with Gasteiger partial charge in [0.25, 0.3) is 0 Å². The second-order valence-electron chi connectivity index (χ2n) is 8.71. The third-order valence-electron chi connectivity index (χ3n) is 7.11. The van der Waals surface area contributed by atoms with Gasteiger partial charge < -0.3 is 9.55 Å². The predicted molar refractivity (Wildman–Crippen MR) is 141 cm³/mol. The Morgan fingerprint density at radius 2 is 1.55 bits per heavy atom. The van der Waals surface area contributed by atoms with E-state index in [0.717, 1.165) is 23.2 Å². The zero-order chi connectivity index (χ0) is 22.1. The molecular formula is C31H22N2. The van der Waals surface area contributed by atoms with Gasteiger partial charge in [0.05, 0.1) is 16.6 Å². The van der Waals surface area contributed by atoms with Crippen LogP contribution >= 0.6 is 0 Å². The summed E-state index contributed by atoms with van der Waals surface area (Å²) in [6.45, 7) is 8.25. The smallest absolute Gasteiger partial charge is 0.0604 e. The van der Waals surface area contributed by atoms with Gasteiger partial charge >= 0.3 is 0 Å². The van der Waals surface area contributed by atoms with Crippen LogP contribution in [-0.2, 0) is 6.42 Å². The number of nitrogens with one attached hydrogen (secondary N) is 1. The summed E-state index contributed by atoms with van der Waals surface area (Å²) in [5.41, 5.74) is 12.4. The fourth-order valence-corrected chi connectivity index (χ4v) is 5.83. The normalized spacial score (nSPS) is 12.4. The number of rotatable bonds is 3. The Hall–Kier alpha value is -4.30. The van der Waals surface area contributed by atoms with Crippen molar-refractivity contribution in [3.8, 4) is 16.8 Å². The van der Waals surface area contributed by atoms with E-state index < -0.39 is 0 Å². The molecule has 156 valence electrons. The number of para-hydroxylation sites is 2. The van der Waals surface area contributed by atoms with Crippen LogP contribution in [0.15, 0.2) is 92.0 Å². The third kappa shape index (κ3) is 2.27. The van der Waals surface area contributed by atoms with E-state index in [-0.39, 0.29) is 0 Å². The molecule has 0 saturated heterocycles. The lowest BCUT2D eigenvalue weighted by Crippen LogP contribution is -1.97. The van der Waals surface area contributed by atoms with Crippen LogP contribution in [-0.4, -0.2) is 9.55 Å². The molecule has 0 bridgehead atoms. The molecule has 6 aromatic rings. The molecule has 0 atom stereocenters. The topological polar surface area (TPSA) is 20.7 Å². The lowest BCUT2D eigenvalue weighted by atomic mass is 9.95. The maximum atomic E-state index is 4.17. The van der Waals surface area contributed by atoms with Gasteiger partial charge in [-0.15, -0.1) is 0 Å². The van der Waals surface area contributed by atoms with Gasteiger partial charge in [-0.3, -0.25) is 0 Å². The number of nitrogens with zero attached hydrogens (tertiary/aromatic N) is 1. The van der Waals surface area contributed by atoms with Crippen molar-refractivity contribution in [3.05, 3.63) is 114 Å². The quantitative estimate of drug-likeness (QED) is 0.297. The first-order valence-electron chi connectivity index (χ1n) is 11.3. The average molecular weight is 423 g/mol. The minimum absolute atomic E-state index is 0.923. The number of aromatic amines is 1. The fourth-order valence-electron chi connectivity index (χ4n) is 5.83. The van der Waals surface area contributed by atoms with Crippen molar-refractivity contribution < 1.29 is 0 Å². The minimum Gasteiger partial charge on any atom is -0.354 e. The average Bonchev–Trinajstić information content (AvgIpc) is 3.53. The molecule has 1 aliphatic carbocycles. The number of benzene rings is 4. The van der Waals surface area contributed by atoms with E-state index in [1.54, 1.807) is 0 Å². The molecule has 1 N–H and O–H groups in total. The van der Waals surface area contributed by atoms with Crippen molar-refractivity contribution in [1.29, 1.82) is 0 Å². The first kappa shape index (κ1) is 18.3. The van der Waals surface area contributed by atoms with Crippen molar-refractivity contribution in [2.24, 2.45) is 0 Å². The molecule has 0 unspecified atom stereocenters. The summed E-state index contributed by atoms with van der Waals surface area (Å²) in [6.07, 6.45) is 4.80. The van der Waals surface area contributed by atoms with Gasteiger partial charge in [-0.25, -0.2) is 0 Å². The first-order chi connectivity index (χ1) is 16.3. The molecule has 4 aromatic carbocycles. The van der Waals surface area contributed by atoms with Gasteiger partial charge in [-0.05, 0) is 46.5 Å². The highest BCUT2D eigenvalue weighted by atomic mass is 15.0. The van der Waals surface area contributed by atoms with Crippen molar-refractivity contribution in [3.63, 3.8) is 0 Å². The highest BCUT2D eigenvalue weighted by molar-refractivity contribution is 6.27. The summed E-state index contributed by atoms with van der Waals surface area (Å²) in [7, 11) is 0. The van der Waals surface area contributed by atoms with E-state index in [1.807, 2.05) is 12.2 Å². The van der Waals surface area contributed by atoms with Crippen molar-refractivity contribution in [1.82, 2.24) is 9.55 Å². The summed E-state index contributed by atoms with van der Waals surface area (Å²) in [5, 5.41) is 3.78. The summed E-state index contributed by atoms with van der Waals surface area (Å²) < 4.78 is 2.44. The summed E-state index contributed by atoms with van der Waals surface area (Å²) in [5.74, 6) is 0. The van der Waals surface area contributed by atoms with Crippen LogP contribution in [0.4, 0.5) is 0 Å². The number of fused-ring (bicyclic) bond motifs is 10. The Kier molecular flexibility index (Phi) is 3.66. The first-order valence-corrected chi connectivity index (χ1v) is 11.3. The molecule has 1 aliphatic rings. The molecule has 0 amide bonds. The van der Waals surface area contributed by atoms with E-state index in [0.29, 0.717) is 0 Å². The molecule has 0 spiro atoms. The molecule has 2 nitrogen and oxygen atoms in total. The maximum Gasteiger partial charge on any atom is 0.0604 e.